The number of amides is 1. The zero-order valence-electron chi connectivity index (χ0n) is 7.21. The fourth-order valence-corrected chi connectivity index (χ4v) is 1.72. The molecule has 2 heterocycles. The molecule has 0 radical (unpaired) electrons. The second-order valence-electron chi connectivity index (χ2n) is 3.47. The highest BCUT2D eigenvalue weighted by molar-refractivity contribution is 5.67. The van der Waals surface area contributed by atoms with E-state index in [9.17, 15) is 4.79 Å². The number of piperidine rings is 1. The summed E-state index contributed by atoms with van der Waals surface area (Å²) in [6.07, 6.45) is 1.87. The van der Waals surface area contributed by atoms with Crippen LogP contribution >= 0.6 is 0 Å². The molecule has 2 aliphatic rings. The summed E-state index contributed by atoms with van der Waals surface area (Å²) in [6, 6.07) is 0. The number of carbonyl (C=O) groups is 1. The lowest BCUT2D eigenvalue weighted by Gasteiger charge is -2.29. The summed E-state index contributed by atoms with van der Waals surface area (Å²) in [5, 5.41) is 0. The van der Waals surface area contributed by atoms with Gasteiger partial charge < -0.3 is 14.4 Å². The van der Waals surface area contributed by atoms with Crippen LogP contribution in [0.5, 0.6) is 0 Å². The molecule has 0 unspecified atom stereocenters. The second kappa shape index (κ2) is 2.62. The van der Waals surface area contributed by atoms with E-state index in [1.807, 2.05) is 0 Å². The number of methoxy groups -OCH3 is 1. The van der Waals surface area contributed by atoms with Crippen molar-refractivity contribution in [1.29, 1.82) is 0 Å². The molecule has 2 fully saturated rings. The fourth-order valence-electron chi connectivity index (χ4n) is 1.72. The van der Waals surface area contributed by atoms with Gasteiger partial charge in [0.2, 0.25) is 0 Å². The minimum atomic E-state index is -0.232. The number of carbonyl (C=O) groups excluding carboxylic acids is 1. The van der Waals surface area contributed by atoms with Gasteiger partial charge in [0, 0.05) is 6.54 Å². The van der Waals surface area contributed by atoms with Crippen molar-refractivity contribution in [2.24, 2.45) is 0 Å². The molecule has 4 heteroatoms. The van der Waals surface area contributed by atoms with E-state index in [2.05, 4.69) is 4.74 Å². The van der Waals surface area contributed by atoms with Crippen LogP contribution in [0.2, 0.25) is 0 Å². The summed E-state index contributed by atoms with van der Waals surface area (Å²) < 4.78 is 9.95. The Morgan fingerprint density at radius 1 is 1.67 bits per heavy atom. The Bertz CT molecular complexity index is 200. The average molecular weight is 171 g/mol. The quantitative estimate of drug-likeness (QED) is 0.502. The van der Waals surface area contributed by atoms with Crippen molar-refractivity contribution in [3.05, 3.63) is 0 Å². The van der Waals surface area contributed by atoms with Gasteiger partial charge in [-0.1, -0.05) is 0 Å². The first-order valence-corrected chi connectivity index (χ1v) is 4.23. The van der Waals surface area contributed by atoms with E-state index < -0.39 is 0 Å². The molecule has 1 spiro atoms. The molecule has 0 aromatic heterocycles. The lowest BCUT2D eigenvalue weighted by atomic mass is 9.99. The molecule has 0 aliphatic carbocycles. The third-order valence-electron chi connectivity index (χ3n) is 2.52. The molecule has 4 nitrogen and oxygen atoms in total. The molecular formula is C8H13NO3. The molecule has 68 valence electrons. The first-order chi connectivity index (χ1) is 5.76. The minimum absolute atomic E-state index is 0.00639. The zero-order chi connectivity index (χ0) is 8.60. The molecule has 0 N–H and O–H groups in total. The first kappa shape index (κ1) is 7.86. The smallest absolute Gasteiger partial charge is 0.409 e. The molecule has 1 atom stereocenters. The molecule has 12 heavy (non-hydrogen) atoms. The number of ether oxygens (including phenoxy) is 2. The number of rotatable bonds is 0. The van der Waals surface area contributed by atoms with Crippen LogP contribution in [0, 0.1) is 0 Å². The average Bonchev–Trinajstić information content (AvgIpc) is 2.84. The largest absolute Gasteiger partial charge is 0.453 e. The highest BCUT2D eigenvalue weighted by Crippen LogP contribution is 2.36. The molecule has 0 aromatic rings. The van der Waals surface area contributed by atoms with Gasteiger partial charge in [-0.2, -0.15) is 0 Å². The van der Waals surface area contributed by atoms with Gasteiger partial charge >= 0.3 is 6.09 Å². The molecule has 0 saturated carbocycles. The summed E-state index contributed by atoms with van der Waals surface area (Å²) in [7, 11) is 1.41. The maximum Gasteiger partial charge on any atom is 0.409 e. The molecule has 0 bridgehead atoms. The molecule has 1 amide bonds. The lowest BCUT2D eigenvalue weighted by Crippen LogP contribution is -2.44. The molecule has 2 rings (SSSR count). The standard InChI is InChI=1S/C8H13NO3/c1-11-7(10)9-4-2-3-8(5-9)6-12-8/h2-6H2,1H3/t8-/m0/s1. The van der Waals surface area contributed by atoms with E-state index in [4.69, 9.17) is 4.74 Å². The summed E-state index contributed by atoms with van der Waals surface area (Å²) in [5.41, 5.74) is 0.00639. The zero-order valence-corrected chi connectivity index (χ0v) is 7.21. The van der Waals surface area contributed by atoms with E-state index in [1.165, 1.54) is 7.11 Å². The Labute approximate surface area is 71.4 Å². The molecule has 2 aliphatic heterocycles. The van der Waals surface area contributed by atoms with Gasteiger partial charge in [-0.05, 0) is 12.8 Å². The van der Waals surface area contributed by atoms with Crippen molar-refractivity contribution in [3.8, 4) is 0 Å². The first-order valence-electron chi connectivity index (χ1n) is 4.23. The predicted molar refractivity (Wildman–Crippen MR) is 41.9 cm³/mol. The van der Waals surface area contributed by atoms with Gasteiger partial charge in [0.15, 0.2) is 0 Å². The Hall–Kier alpha value is -0.770. The Balaban J connectivity index is 1.94. The van der Waals surface area contributed by atoms with E-state index in [1.54, 1.807) is 4.90 Å². The van der Waals surface area contributed by atoms with Crippen LogP contribution in [0.4, 0.5) is 4.79 Å². The molecular weight excluding hydrogens is 158 g/mol. The van der Waals surface area contributed by atoms with Crippen LogP contribution in [0.15, 0.2) is 0 Å². The second-order valence-corrected chi connectivity index (χ2v) is 3.47. The molecule has 2 saturated heterocycles. The Kier molecular flexibility index (Phi) is 1.72. The van der Waals surface area contributed by atoms with Crippen LogP contribution in [0.3, 0.4) is 0 Å². The van der Waals surface area contributed by atoms with Gasteiger partial charge in [0.1, 0.15) is 5.60 Å². The van der Waals surface area contributed by atoms with Gasteiger partial charge in [-0.15, -0.1) is 0 Å². The summed E-state index contributed by atoms with van der Waals surface area (Å²) in [5.74, 6) is 0. The van der Waals surface area contributed by atoms with Crippen LogP contribution < -0.4 is 0 Å². The van der Waals surface area contributed by atoms with E-state index >= 15 is 0 Å². The van der Waals surface area contributed by atoms with Crippen LogP contribution in [-0.4, -0.2) is 43.4 Å². The predicted octanol–water partition coefficient (Wildman–Crippen LogP) is 0.618. The monoisotopic (exact) mass is 171 g/mol. The van der Waals surface area contributed by atoms with Crippen molar-refractivity contribution in [2.75, 3.05) is 26.8 Å². The topological polar surface area (TPSA) is 42.1 Å². The number of likely N-dealkylation sites (tertiary alicyclic amines) is 1. The van der Waals surface area contributed by atoms with Gasteiger partial charge in [-0.25, -0.2) is 4.79 Å². The summed E-state index contributed by atoms with van der Waals surface area (Å²) in [4.78, 5) is 12.8. The van der Waals surface area contributed by atoms with E-state index in [-0.39, 0.29) is 11.7 Å². The van der Waals surface area contributed by atoms with Gasteiger partial charge in [0.05, 0.1) is 20.3 Å². The number of hydrogen-bond acceptors (Lipinski definition) is 3. The van der Waals surface area contributed by atoms with Crippen LogP contribution in [0.25, 0.3) is 0 Å². The number of hydrogen-bond donors (Lipinski definition) is 0. The van der Waals surface area contributed by atoms with E-state index in [0.29, 0.717) is 6.54 Å². The molecule has 0 aromatic carbocycles. The Morgan fingerprint density at radius 2 is 2.42 bits per heavy atom. The van der Waals surface area contributed by atoms with Crippen molar-refractivity contribution in [3.63, 3.8) is 0 Å². The minimum Gasteiger partial charge on any atom is -0.453 e. The van der Waals surface area contributed by atoms with Gasteiger partial charge in [-0.3, -0.25) is 0 Å². The lowest BCUT2D eigenvalue weighted by molar-refractivity contribution is 0.0905. The normalized spacial score (nSPS) is 33.6. The van der Waals surface area contributed by atoms with E-state index in [0.717, 1.165) is 26.0 Å². The third-order valence-corrected chi connectivity index (χ3v) is 2.52. The number of nitrogens with zero attached hydrogens (tertiary/aromatic N) is 1. The SMILES string of the molecule is COC(=O)N1CCC[C@@]2(CO2)C1. The van der Waals surface area contributed by atoms with Crippen LogP contribution in [-0.2, 0) is 9.47 Å². The van der Waals surface area contributed by atoms with Crippen molar-refractivity contribution in [1.82, 2.24) is 4.90 Å². The van der Waals surface area contributed by atoms with Crippen molar-refractivity contribution < 1.29 is 14.3 Å². The highest BCUT2D eigenvalue weighted by atomic mass is 16.6. The maximum absolute atomic E-state index is 11.1. The highest BCUT2D eigenvalue weighted by Gasteiger charge is 2.48. The Morgan fingerprint density at radius 3 is 3.00 bits per heavy atom. The van der Waals surface area contributed by atoms with Crippen molar-refractivity contribution >= 4 is 6.09 Å². The fraction of sp³-hybridized carbons (Fsp3) is 0.875. The van der Waals surface area contributed by atoms with Crippen LogP contribution in [0.1, 0.15) is 12.8 Å². The summed E-state index contributed by atoms with van der Waals surface area (Å²) in [6.45, 7) is 2.32. The summed E-state index contributed by atoms with van der Waals surface area (Å²) >= 11 is 0. The maximum atomic E-state index is 11.1. The number of epoxide rings is 1. The van der Waals surface area contributed by atoms with Gasteiger partial charge in [0.25, 0.3) is 0 Å². The third kappa shape index (κ3) is 1.27. The van der Waals surface area contributed by atoms with Crippen molar-refractivity contribution in [2.45, 2.75) is 18.4 Å².